The largest absolute Gasteiger partial charge is 0.321 e. The van der Waals surface area contributed by atoms with Crippen LogP contribution >= 0.6 is 0 Å². The van der Waals surface area contributed by atoms with Crippen LogP contribution in [0.4, 0.5) is 4.39 Å². The quantitative estimate of drug-likeness (QED) is 0.853. The summed E-state index contributed by atoms with van der Waals surface area (Å²) in [5.41, 5.74) is 7.11. The lowest BCUT2D eigenvalue weighted by Gasteiger charge is -2.42. The molecular formula is C16H24FN. The Morgan fingerprint density at radius 2 is 2.06 bits per heavy atom. The van der Waals surface area contributed by atoms with E-state index in [-0.39, 0.29) is 5.82 Å². The zero-order valence-corrected chi connectivity index (χ0v) is 11.5. The van der Waals surface area contributed by atoms with Crippen molar-refractivity contribution in [2.75, 3.05) is 0 Å². The van der Waals surface area contributed by atoms with Crippen molar-refractivity contribution in [1.82, 2.24) is 0 Å². The van der Waals surface area contributed by atoms with Gasteiger partial charge in [-0.05, 0) is 42.9 Å². The van der Waals surface area contributed by atoms with E-state index in [1.165, 1.54) is 38.2 Å². The number of halogens is 1. The van der Waals surface area contributed by atoms with Crippen molar-refractivity contribution in [1.29, 1.82) is 0 Å². The fourth-order valence-corrected chi connectivity index (χ4v) is 3.52. The molecule has 1 fully saturated rings. The smallest absolute Gasteiger partial charge is 0.123 e. The minimum absolute atomic E-state index is 0.187. The molecule has 1 aliphatic carbocycles. The summed E-state index contributed by atoms with van der Waals surface area (Å²) >= 11 is 0. The fourth-order valence-electron chi connectivity index (χ4n) is 3.52. The molecule has 1 nitrogen and oxygen atoms in total. The van der Waals surface area contributed by atoms with Gasteiger partial charge in [0.1, 0.15) is 5.82 Å². The zero-order valence-electron chi connectivity index (χ0n) is 11.5. The summed E-state index contributed by atoms with van der Waals surface area (Å²) in [6.45, 7) is 4.31. The molecule has 18 heavy (non-hydrogen) atoms. The molecule has 0 radical (unpaired) electrons. The van der Waals surface area contributed by atoms with Crippen LogP contribution in [0.3, 0.4) is 0 Å². The normalized spacial score (nSPS) is 27.8. The van der Waals surface area contributed by atoms with Crippen LogP contribution in [0.2, 0.25) is 0 Å². The lowest BCUT2D eigenvalue weighted by Crippen LogP contribution is -2.45. The van der Waals surface area contributed by atoms with Gasteiger partial charge in [0.15, 0.2) is 0 Å². The first-order valence-corrected chi connectivity index (χ1v) is 7.10. The summed E-state index contributed by atoms with van der Waals surface area (Å²) in [5, 5.41) is 0. The summed E-state index contributed by atoms with van der Waals surface area (Å²) in [5.74, 6) is 0.961. The number of nitrogens with two attached hydrogens (primary N) is 1. The third kappa shape index (κ3) is 2.59. The Labute approximate surface area is 110 Å². The van der Waals surface area contributed by atoms with Crippen molar-refractivity contribution < 1.29 is 4.39 Å². The van der Waals surface area contributed by atoms with E-state index in [9.17, 15) is 4.39 Å². The van der Waals surface area contributed by atoms with Crippen molar-refractivity contribution in [3.8, 4) is 0 Å². The molecule has 2 N–H and O–H groups in total. The van der Waals surface area contributed by atoms with Gasteiger partial charge >= 0.3 is 0 Å². The maximum Gasteiger partial charge on any atom is 0.123 e. The van der Waals surface area contributed by atoms with Gasteiger partial charge < -0.3 is 5.73 Å². The summed E-state index contributed by atoms with van der Waals surface area (Å²) in [7, 11) is 0. The van der Waals surface area contributed by atoms with E-state index in [1.807, 2.05) is 6.07 Å². The Morgan fingerprint density at radius 3 is 2.72 bits per heavy atom. The third-order valence-electron chi connectivity index (χ3n) is 4.65. The van der Waals surface area contributed by atoms with E-state index >= 15 is 0 Å². The summed E-state index contributed by atoms with van der Waals surface area (Å²) in [6.07, 6.45) is 6.18. The van der Waals surface area contributed by atoms with Gasteiger partial charge in [-0.25, -0.2) is 4.39 Å². The van der Waals surface area contributed by atoms with Crippen LogP contribution in [-0.4, -0.2) is 0 Å². The fraction of sp³-hybridized carbons (Fsp3) is 0.625. The minimum atomic E-state index is -0.413. The van der Waals surface area contributed by atoms with Gasteiger partial charge in [0.25, 0.3) is 0 Å². The van der Waals surface area contributed by atoms with Gasteiger partial charge in [-0.15, -0.1) is 0 Å². The van der Waals surface area contributed by atoms with E-state index in [0.29, 0.717) is 11.8 Å². The van der Waals surface area contributed by atoms with Crippen molar-refractivity contribution in [2.45, 2.75) is 51.5 Å². The summed E-state index contributed by atoms with van der Waals surface area (Å²) in [6, 6.07) is 6.81. The van der Waals surface area contributed by atoms with Crippen LogP contribution in [-0.2, 0) is 5.54 Å². The monoisotopic (exact) mass is 249 g/mol. The first-order chi connectivity index (χ1) is 8.55. The van der Waals surface area contributed by atoms with Crippen LogP contribution in [0, 0.1) is 17.7 Å². The highest BCUT2D eigenvalue weighted by atomic mass is 19.1. The van der Waals surface area contributed by atoms with E-state index < -0.39 is 5.54 Å². The zero-order chi connectivity index (χ0) is 13.2. The molecule has 0 aromatic heterocycles. The molecule has 1 saturated carbocycles. The number of benzene rings is 1. The second kappa shape index (κ2) is 5.40. The van der Waals surface area contributed by atoms with Gasteiger partial charge in [-0.2, -0.15) is 0 Å². The lowest BCUT2D eigenvalue weighted by molar-refractivity contribution is 0.138. The average molecular weight is 249 g/mol. The van der Waals surface area contributed by atoms with Crippen molar-refractivity contribution >= 4 is 0 Å². The molecule has 1 aromatic carbocycles. The topological polar surface area (TPSA) is 26.0 Å². The predicted molar refractivity (Wildman–Crippen MR) is 73.7 cm³/mol. The summed E-state index contributed by atoms with van der Waals surface area (Å²) < 4.78 is 13.4. The summed E-state index contributed by atoms with van der Waals surface area (Å²) in [4.78, 5) is 0. The van der Waals surface area contributed by atoms with E-state index in [0.717, 1.165) is 5.56 Å². The van der Waals surface area contributed by atoms with Crippen LogP contribution in [0.5, 0.6) is 0 Å². The highest BCUT2D eigenvalue weighted by Gasteiger charge is 2.38. The molecule has 2 rings (SSSR count). The van der Waals surface area contributed by atoms with Crippen LogP contribution in [0.15, 0.2) is 24.3 Å². The Hall–Kier alpha value is -0.890. The number of hydrogen-bond donors (Lipinski definition) is 1. The minimum Gasteiger partial charge on any atom is -0.321 e. The van der Waals surface area contributed by atoms with E-state index in [2.05, 4.69) is 13.8 Å². The first-order valence-electron chi connectivity index (χ1n) is 7.10. The molecule has 3 unspecified atom stereocenters. The Morgan fingerprint density at radius 1 is 1.33 bits per heavy atom. The van der Waals surface area contributed by atoms with Crippen LogP contribution < -0.4 is 5.73 Å². The SMILES string of the molecule is CCC1CCCCC1C(C)(N)c1cccc(F)c1. The van der Waals surface area contributed by atoms with Gasteiger partial charge in [0.2, 0.25) is 0 Å². The molecule has 0 bridgehead atoms. The van der Waals surface area contributed by atoms with Crippen LogP contribution in [0.25, 0.3) is 0 Å². The van der Waals surface area contributed by atoms with Crippen molar-refractivity contribution in [2.24, 2.45) is 17.6 Å². The van der Waals surface area contributed by atoms with Crippen molar-refractivity contribution in [3.05, 3.63) is 35.6 Å². The molecule has 0 amide bonds. The second-order valence-corrected chi connectivity index (χ2v) is 5.85. The van der Waals surface area contributed by atoms with E-state index in [1.54, 1.807) is 12.1 Å². The molecule has 2 heteroatoms. The highest BCUT2D eigenvalue weighted by molar-refractivity contribution is 5.25. The van der Waals surface area contributed by atoms with Gasteiger partial charge in [-0.1, -0.05) is 44.7 Å². The van der Waals surface area contributed by atoms with E-state index in [4.69, 9.17) is 5.73 Å². The molecule has 0 heterocycles. The number of rotatable bonds is 3. The molecule has 0 aliphatic heterocycles. The third-order valence-corrected chi connectivity index (χ3v) is 4.65. The standard InChI is InChI=1S/C16H24FN/c1-3-12-7-4-5-10-15(12)16(2,18)13-8-6-9-14(17)11-13/h6,8-9,11-12,15H,3-5,7,10,18H2,1-2H3. The Kier molecular flexibility index (Phi) is 4.06. The maximum atomic E-state index is 13.4. The second-order valence-electron chi connectivity index (χ2n) is 5.85. The van der Waals surface area contributed by atoms with Crippen LogP contribution in [0.1, 0.15) is 51.5 Å². The molecular weight excluding hydrogens is 225 g/mol. The molecule has 1 aromatic rings. The number of hydrogen-bond acceptors (Lipinski definition) is 1. The molecule has 3 atom stereocenters. The molecule has 0 saturated heterocycles. The predicted octanol–water partition coefficient (Wildman–Crippen LogP) is 4.22. The molecule has 0 spiro atoms. The molecule has 100 valence electrons. The first kappa shape index (κ1) is 13.5. The average Bonchev–Trinajstić information content (AvgIpc) is 2.38. The molecule has 1 aliphatic rings. The maximum absolute atomic E-state index is 13.4. The Bertz CT molecular complexity index is 400. The lowest BCUT2D eigenvalue weighted by atomic mass is 9.66. The highest BCUT2D eigenvalue weighted by Crippen LogP contribution is 2.42. The van der Waals surface area contributed by atoms with Crippen molar-refractivity contribution in [3.63, 3.8) is 0 Å². The van der Waals surface area contributed by atoms with Gasteiger partial charge in [0, 0.05) is 5.54 Å². The Balaban J connectivity index is 2.28. The van der Waals surface area contributed by atoms with Gasteiger partial charge in [-0.3, -0.25) is 0 Å². The van der Waals surface area contributed by atoms with Gasteiger partial charge in [0.05, 0.1) is 0 Å².